The molecule has 7 nitrogen and oxygen atoms in total. The third-order valence-corrected chi connectivity index (χ3v) is 4.61. The molecule has 1 N–H and O–H groups in total. The number of nitrogens with one attached hydrogen (secondary N) is 1. The van der Waals surface area contributed by atoms with E-state index < -0.39 is 0 Å². The molecule has 0 spiro atoms. The van der Waals surface area contributed by atoms with Crippen LogP contribution in [0.2, 0.25) is 0 Å². The molecule has 1 saturated heterocycles. The molecule has 1 aliphatic heterocycles. The zero-order chi connectivity index (χ0) is 16.5. The minimum absolute atomic E-state index is 0.0800. The van der Waals surface area contributed by atoms with Crippen molar-refractivity contribution >= 4 is 16.8 Å². The third-order valence-electron chi connectivity index (χ3n) is 4.61. The van der Waals surface area contributed by atoms with Crippen molar-refractivity contribution in [3.05, 3.63) is 41.7 Å². The van der Waals surface area contributed by atoms with E-state index in [4.69, 9.17) is 4.52 Å². The number of rotatable bonds is 2. The van der Waals surface area contributed by atoms with Crippen molar-refractivity contribution in [3.63, 3.8) is 0 Å². The highest BCUT2D eigenvalue weighted by Gasteiger charge is 2.32. The van der Waals surface area contributed by atoms with E-state index in [1.54, 1.807) is 0 Å². The maximum absolute atomic E-state index is 13.2. The second kappa shape index (κ2) is 6.07. The molecule has 2 aromatic heterocycles. The maximum Gasteiger partial charge on any atom is 0.275 e. The second-order valence-corrected chi connectivity index (χ2v) is 6.27. The lowest BCUT2D eigenvalue weighted by Gasteiger charge is -2.27. The van der Waals surface area contributed by atoms with Crippen LogP contribution < -0.4 is 0 Å². The Labute approximate surface area is 139 Å². The van der Waals surface area contributed by atoms with Gasteiger partial charge in [-0.3, -0.25) is 9.89 Å². The second-order valence-electron chi connectivity index (χ2n) is 6.27. The minimum Gasteiger partial charge on any atom is -0.343 e. The third kappa shape index (κ3) is 2.55. The Morgan fingerprint density at radius 2 is 2.25 bits per heavy atom. The Hall–Kier alpha value is -2.70. The van der Waals surface area contributed by atoms with Crippen molar-refractivity contribution in [1.29, 1.82) is 0 Å². The van der Waals surface area contributed by atoms with Gasteiger partial charge in [0.1, 0.15) is 0 Å². The van der Waals surface area contributed by atoms with Gasteiger partial charge in [-0.15, -0.1) is 0 Å². The number of hydrogen-bond acceptors (Lipinski definition) is 5. The van der Waals surface area contributed by atoms with E-state index in [1.165, 1.54) is 6.39 Å². The summed E-state index contributed by atoms with van der Waals surface area (Å²) in [7, 11) is 0. The van der Waals surface area contributed by atoms with Crippen molar-refractivity contribution in [2.75, 3.05) is 6.54 Å². The first-order valence-electron chi connectivity index (χ1n) is 8.26. The van der Waals surface area contributed by atoms with Gasteiger partial charge in [0.15, 0.2) is 11.5 Å². The van der Waals surface area contributed by atoms with Crippen molar-refractivity contribution in [3.8, 4) is 0 Å². The summed E-state index contributed by atoms with van der Waals surface area (Å²) < 4.78 is 4.89. The zero-order valence-corrected chi connectivity index (χ0v) is 13.5. The lowest BCUT2D eigenvalue weighted by molar-refractivity contribution is 0.0666. The van der Waals surface area contributed by atoms with Gasteiger partial charge in [-0.1, -0.05) is 29.6 Å². The molecule has 3 heterocycles. The van der Waals surface area contributed by atoms with Crippen LogP contribution in [-0.2, 0) is 0 Å². The summed E-state index contributed by atoms with van der Waals surface area (Å²) in [6, 6.07) is 5.79. The van der Waals surface area contributed by atoms with E-state index >= 15 is 0 Å². The topological polar surface area (TPSA) is 87.9 Å². The lowest BCUT2D eigenvalue weighted by atomic mass is 10.1. The van der Waals surface area contributed by atoms with Crippen LogP contribution in [0.1, 0.15) is 53.6 Å². The highest BCUT2D eigenvalue weighted by Crippen LogP contribution is 2.30. The fourth-order valence-corrected chi connectivity index (χ4v) is 3.37. The fourth-order valence-electron chi connectivity index (χ4n) is 3.37. The van der Waals surface area contributed by atoms with Crippen molar-refractivity contribution < 1.29 is 9.32 Å². The number of likely N-dealkylation sites (tertiary alicyclic amines) is 1. The SMILES string of the molecule is Cc1ccc2[nH]nc(C(=O)N3CCCCC[C@H]3c3ncon3)c2c1. The van der Waals surface area contributed by atoms with Crippen LogP contribution in [0.25, 0.3) is 10.9 Å². The van der Waals surface area contributed by atoms with Gasteiger partial charge in [0, 0.05) is 11.9 Å². The molecule has 124 valence electrons. The van der Waals surface area contributed by atoms with Gasteiger partial charge in [-0.25, -0.2) is 0 Å². The Morgan fingerprint density at radius 3 is 3.08 bits per heavy atom. The summed E-state index contributed by atoms with van der Waals surface area (Å²) in [5.41, 5.74) is 2.43. The molecular weight excluding hydrogens is 306 g/mol. The number of benzene rings is 1. The van der Waals surface area contributed by atoms with Gasteiger partial charge >= 0.3 is 0 Å². The van der Waals surface area contributed by atoms with Crippen LogP contribution in [0, 0.1) is 6.92 Å². The van der Waals surface area contributed by atoms with Crippen LogP contribution in [-0.4, -0.2) is 37.7 Å². The summed E-state index contributed by atoms with van der Waals surface area (Å²) in [5, 5.41) is 12.1. The number of aromatic amines is 1. The molecule has 1 atom stereocenters. The van der Waals surface area contributed by atoms with Gasteiger partial charge < -0.3 is 9.42 Å². The number of carbonyl (C=O) groups is 1. The Morgan fingerprint density at radius 1 is 1.33 bits per heavy atom. The summed E-state index contributed by atoms with van der Waals surface area (Å²) in [6.45, 7) is 2.69. The van der Waals surface area contributed by atoms with E-state index in [2.05, 4.69) is 20.3 Å². The normalized spacial score (nSPS) is 18.7. The molecule has 0 bridgehead atoms. The first-order valence-corrected chi connectivity index (χ1v) is 8.26. The summed E-state index contributed by atoms with van der Waals surface area (Å²) in [5.74, 6) is 0.491. The van der Waals surface area contributed by atoms with Crippen molar-refractivity contribution in [1.82, 2.24) is 25.2 Å². The predicted molar refractivity (Wildman–Crippen MR) is 87.4 cm³/mol. The smallest absolute Gasteiger partial charge is 0.275 e. The van der Waals surface area contributed by atoms with E-state index in [9.17, 15) is 4.79 Å². The quantitative estimate of drug-likeness (QED) is 0.782. The van der Waals surface area contributed by atoms with Gasteiger partial charge in [0.05, 0.1) is 11.6 Å². The number of aryl methyl sites for hydroxylation is 1. The summed E-state index contributed by atoms with van der Waals surface area (Å²) in [4.78, 5) is 19.2. The molecule has 0 radical (unpaired) electrons. The molecule has 1 aliphatic rings. The van der Waals surface area contributed by atoms with Crippen molar-refractivity contribution in [2.24, 2.45) is 0 Å². The molecule has 0 saturated carbocycles. The first kappa shape index (κ1) is 14.9. The summed E-state index contributed by atoms with van der Waals surface area (Å²) >= 11 is 0. The maximum atomic E-state index is 13.2. The Balaban J connectivity index is 1.73. The number of H-pyrrole nitrogens is 1. The van der Waals surface area contributed by atoms with Crippen LogP contribution in [0.5, 0.6) is 0 Å². The number of nitrogens with zero attached hydrogens (tertiary/aromatic N) is 4. The van der Waals surface area contributed by atoms with E-state index in [-0.39, 0.29) is 11.9 Å². The fraction of sp³-hybridized carbons (Fsp3) is 0.412. The number of hydrogen-bond donors (Lipinski definition) is 1. The molecule has 1 fully saturated rings. The average Bonchev–Trinajstić information content (AvgIpc) is 3.19. The number of fused-ring (bicyclic) bond motifs is 1. The highest BCUT2D eigenvalue weighted by molar-refractivity contribution is 6.04. The monoisotopic (exact) mass is 325 g/mol. The lowest BCUT2D eigenvalue weighted by Crippen LogP contribution is -2.35. The molecular formula is C17H19N5O2. The van der Waals surface area contributed by atoms with E-state index in [1.807, 2.05) is 30.0 Å². The van der Waals surface area contributed by atoms with E-state index in [0.717, 1.165) is 42.1 Å². The molecule has 7 heteroatoms. The minimum atomic E-state index is -0.157. The van der Waals surface area contributed by atoms with Crippen LogP contribution in [0.15, 0.2) is 29.1 Å². The zero-order valence-electron chi connectivity index (χ0n) is 13.5. The Kier molecular flexibility index (Phi) is 3.76. The molecule has 24 heavy (non-hydrogen) atoms. The molecule has 1 aromatic carbocycles. The van der Waals surface area contributed by atoms with Crippen LogP contribution >= 0.6 is 0 Å². The molecule has 1 amide bonds. The summed E-state index contributed by atoms with van der Waals surface area (Å²) in [6.07, 6.45) is 5.27. The van der Waals surface area contributed by atoms with Crippen LogP contribution in [0.4, 0.5) is 0 Å². The predicted octanol–water partition coefficient (Wildman–Crippen LogP) is 3.01. The number of aromatic nitrogens is 4. The van der Waals surface area contributed by atoms with Gasteiger partial charge in [0.2, 0.25) is 6.39 Å². The first-order chi connectivity index (χ1) is 11.7. The number of carbonyl (C=O) groups excluding carboxylic acids is 1. The molecule has 3 aromatic rings. The van der Waals surface area contributed by atoms with Gasteiger partial charge in [0.25, 0.3) is 5.91 Å². The van der Waals surface area contributed by atoms with Gasteiger partial charge in [-0.05, 0) is 31.9 Å². The van der Waals surface area contributed by atoms with Crippen LogP contribution in [0.3, 0.4) is 0 Å². The standard InChI is InChI=1S/C17H19N5O2/c1-11-6-7-13-12(9-11)15(20-19-13)17(23)22-8-4-2-3-5-14(22)16-18-10-24-21-16/h6-7,9-10,14H,2-5,8H2,1H3,(H,19,20)/t14-/m0/s1. The molecule has 0 unspecified atom stereocenters. The van der Waals surface area contributed by atoms with E-state index in [0.29, 0.717) is 18.1 Å². The largest absolute Gasteiger partial charge is 0.343 e. The highest BCUT2D eigenvalue weighted by atomic mass is 16.5. The average molecular weight is 325 g/mol. The van der Waals surface area contributed by atoms with Gasteiger partial charge in [-0.2, -0.15) is 10.1 Å². The molecule has 0 aliphatic carbocycles. The molecule has 4 rings (SSSR count). The number of amides is 1. The van der Waals surface area contributed by atoms with Crippen molar-refractivity contribution in [2.45, 2.75) is 38.6 Å². The Bertz CT molecular complexity index is 855.